The van der Waals surface area contributed by atoms with Gasteiger partial charge in [0.2, 0.25) is 0 Å². The van der Waals surface area contributed by atoms with Crippen LogP contribution >= 0.6 is 0 Å². The summed E-state index contributed by atoms with van der Waals surface area (Å²) in [6.07, 6.45) is 2.47. The Morgan fingerprint density at radius 2 is 2.05 bits per heavy atom. The highest BCUT2D eigenvalue weighted by molar-refractivity contribution is 5.20. The molecule has 4 heteroatoms. The van der Waals surface area contributed by atoms with Gasteiger partial charge in [-0.1, -0.05) is 13.0 Å². The molecule has 0 bridgehead atoms. The summed E-state index contributed by atoms with van der Waals surface area (Å²) in [6.45, 7) is 4.88. The minimum atomic E-state index is -0.872. The predicted octanol–water partition coefficient (Wildman–Crippen LogP) is 2.74. The van der Waals surface area contributed by atoms with Crippen LogP contribution in [0.25, 0.3) is 0 Å². The van der Waals surface area contributed by atoms with Crippen molar-refractivity contribution in [3.8, 4) is 0 Å². The highest BCUT2D eigenvalue weighted by Crippen LogP contribution is 2.27. The van der Waals surface area contributed by atoms with Crippen molar-refractivity contribution in [1.82, 2.24) is 4.90 Å². The fourth-order valence-corrected chi connectivity index (χ4v) is 2.75. The second-order valence-corrected chi connectivity index (χ2v) is 5.42. The second kappa shape index (κ2) is 5.97. The summed E-state index contributed by atoms with van der Waals surface area (Å²) >= 11 is 0. The van der Waals surface area contributed by atoms with E-state index in [4.69, 9.17) is 0 Å². The fraction of sp³-hybridized carbons (Fsp3) is 0.600. The van der Waals surface area contributed by atoms with Crippen LogP contribution in [-0.2, 0) is 6.42 Å². The lowest BCUT2D eigenvalue weighted by Gasteiger charge is -2.27. The van der Waals surface area contributed by atoms with Gasteiger partial charge in [0.05, 0.1) is 5.60 Å². The van der Waals surface area contributed by atoms with Crippen LogP contribution in [0.15, 0.2) is 18.2 Å². The summed E-state index contributed by atoms with van der Waals surface area (Å²) in [4.78, 5) is 2.29. The molecule has 1 aromatic carbocycles. The molecule has 1 saturated heterocycles. The molecule has 1 heterocycles. The van der Waals surface area contributed by atoms with Gasteiger partial charge in [-0.25, -0.2) is 8.78 Å². The fourth-order valence-electron chi connectivity index (χ4n) is 2.75. The van der Waals surface area contributed by atoms with E-state index in [1.807, 2.05) is 0 Å². The molecule has 2 nitrogen and oxygen atoms in total. The third-order valence-electron chi connectivity index (χ3n) is 3.99. The molecule has 0 amide bonds. The molecule has 0 aromatic heterocycles. The van der Waals surface area contributed by atoms with Gasteiger partial charge in [-0.3, -0.25) is 0 Å². The quantitative estimate of drug-likeness (QED) is 0.912. The van der Waals surface area contributed by atoms with Crippen LogP contribution in [-0.4, -0.2) is 35.2 Å². The number of hydrogen-bond acceptors (Lipinski definition) is 2. The molecule has 0 saturated carbocycles. The van der Waals surface area contributed by atoms with Crippen LogP contribution in [0.1, 0.15) is 31.7 Å². The first-order valence-electron chi connectivity index (χ1n) is 6.91. The normalized spacial score (nSPS) is 25.3. The molecule has 1 N–H and O–H groups in total. The summed E-state index contributed by atoms with van der Waals surface area (Å²) in [7, 11) is 0. The van der Waals surface area contributed by atoms with Crippen molar-refractivity contribution >= 4 is 0 Å². The molecule has 0 aliphatic carbocycles. The Balaban J connectivity index is 2.08. The van der Waals surface area contributed by atoms with E-state index in [1.165, 1.54) is 12.1 Å². The molecular formula is C15H21F2NO. The van der Waals surface area contributed by atoms with E-state index in [0.717, 1.165) is 32.1 Å². The molecule has 106 valence electrons. The van der Waals surface area contributed by atoms with Gasteiger partial charge in [-0.05, 0) is 44.0 Å². The maximum atomic E-state index is 13.7. The summed E-state index contributed by atoms with van der Waals surface area (Å²) in [5.74, 6) is -1.14. The zero-order valence-electron chi connectivity index (χ0n) is 11.3. The van der Waals surface area contributed by atoms with Crippen molar-refractivity contribution in [3.63, 3.8) is 0 Å². The number of hydrogen-bond donors (Lipinski definition) is 1. The Labute approximate surface area is 113 Å². The van der Waals surface area contributed by atoms with Crippen LogP contribution in [0.5, 0.6) is 0 Å². The highest BCUT2D eigenvalue weighted by atomic mass is 19.1. The Morgan fingerprint density at radius 3 is 2.74 bits per heavy atom. The smallest absolute Gasteiger partial charge is 0.129 e. The third kappa shape index (κ3) is 3.74. The lowest BCUT2D eigenvalue weighted by atomic mass is 9.87. The van der Waals surface area contributed by atoms with Gasteiger partial charge in [0.25, 0.3) is 0 Å². The highest BCUT2D eigenvalue weighted by Gasteiger charge is 2.30. The van der Waals surface area contributed by atoms with Gasteiger partial charge in [-0.2, -0.15) is 0 Å². The summed E-state index contributed by atoms with van der Waals surface area (Å²) in [6, 6.07) is 3.57. The van der Waals surface area contributed by atoms with Crippen molar-refractivity contribution in [2.24, 2.45) is 0 Å². The van der Waals surface area contributed by atoms with E-state index in [-0.39, 0.29) is 6.42 Å². The Morgan fingerprint density at radius 1 is 1.26 bits per heavy atom. The van der Waals surface area contributed by atoms with E-state index in [9.17, 15) is 13.9 Å². The number of nitrogens with zero attached hydrogens (tertiary/aromatic N) is 1. The average Bonchev–Trinajstić information content (AvgIpc) is 2.55. The van der Waals surface area contributed by atoms with Crippen LogP contribution in [0.2, 0.25) is 0 Å². The molecule has 1 fully saturated rings. The Bertz CT molecular complexity index is 438. The standard InChI is InChI=1S/C15H21F2NO/c1-2-18-8-3-6-15(19,7-9-18)11-12-4-5-13(16)10-14(12)17/h4-5,10,19H,2-3,6-9,11H2,1H3. The third-order valence-corrected chi connectivity index (χ3v) is 3.99. The van der Waals surface area contributed by atoms with Crippen molar-refractivity contribution in [2.75, 3.05) is 19.6 Å². The van der Waals surface area contributed by atoms with E-state index >= 15 is 0 Å². The second-order valence-electron chi connectivity index (χ2n) is 5.42. The van der Waals surface area contributed by atoms with Gasteiger partial charge in [-0.15, -0.1) is 0 Å². The van der Waals surface area contributed by atoms with Gasteiger partial charge >= 0.3 is 0 Å². The molecule has 1 unspecified atom stereocenters. The maximum Gasteiger partial charge on any atom is 0.129 e. The van der Waals surface area contributed by atoms with Crippen molar-refractivity contribution in [1.29, 1.82) is 0 Å². The SMILES string of the molecule is CCN1CCCC(O)(Cc2ccc(F)cc2F)CC1. The lowest BCUT2D eigenvalue weighted by molar-refractivity contribution is 0.0250. The van der Waals surface area contributed by atoms with Crippen LogP contribution in [0.4, 0.5) is 8.78 Å². The van der Waals surface area contributed by atoms with Gasteiger partial charge in [0, 0.05) is 19.0 Å². The Hall–Kier alpha value is -1.00. The van der Waals surface area contributed by atoms with Gasteiger partial charge < -0.3 is 10.0 Å². The molecule has 2 rings (SSSR count). The minimum absolute atomic E-state index is 0.261. The molecule has 1 aromatic rings. The van der Waals surface area contributed by atoms with Crippen molar-refractivity contribution < 1.29 is 13.9 Å². The number of likely N-dealkylation sites (tertiary alicyclic amines) is 1. The molecule has 0 spiro atoms. The molecule has 19 heavy (non-hydrogen) atoms. The monoisotopic (exact) mass is 269 g/mol. The Kier molecular flexibility index (Phi) is 4.53. The molecule has 0 radical (unpaired) electrons. The molecule has 1 aliphatic rings. The average molecular weight is 269 g/mol. The van der Waals surface area contributed by atoms with Crippen molar-refractivity contribution in [2.45, 2.75) is 38.2 Å². The molecule has 1 atom stereocenters. The number of aliphatic hydroxyl groups is 1. The van der Waals surface area contributed by atoms with Crippen LogP contribution in [0.3, 0.4) is 0 Å². The topological polar surface area (TPSA) is 23.5 Å². The zero-order chi connectivity index (χ0) is 13.9. The van der Waals surface area contributed by atoms with Crippen molar-refractivity contribution in [3.05, 3.63) is 35.4 Å². The van der Waals surface area contributed by atoms with E-state index in [2.05, 4.69) is 11.8 Å². The van der Waals surface area contributed by atoms with E-state index in [0.29, 0.717) is 18.4 Å². The van der Waals surface area contributed by atoms with Gasteiger partial charge in [0.1, 0.15) is 11.6 Å². The van der Waals surface area contributed by atoms with Gasteiger partial charge in [0.15, 0.2) is 0 Å². The largest absolute Gasteiger partial charge is 0.389 e. The number of rotatable bonds is 3. The summed E-state index contributed by atoms with van der Waals surface area (Å²) in [5.41, 5.74) is -0.475. The van der Waals surface area contributed by atoms with Crippen LogP contribution < -0.4 is 0 Å². The maximum absolute atomic E-state index is 13.7. The number of halogens is 2. The van der Waals surface area contributed by atoms with E-state index in [1.54, 1.807) is 0 Å². The lowest BCUT2D eigenvalue weighted by Crippen LogP contribution is -2.33. The number of benzene rings is 1. The predicted molar refractivity (Wildman–Crippen MR) is 71.0 cm³/mol. The first-order valence-corrected chi connectivity index (χ1v) is 6.91. The molecular weight excluding hydrogens is 248 g/mol. The minimum Gasteiger partial charge on any atom is -0.389 e. The summed E-state index contributed by atoms with van der Waals surface area (Å²) in [5, 5.41) is 10.6. The van der Waals surface area contributed by atoms with Crippen LogP contribution in [0, 0.1) is 11.6 Å². The zero-order valence-corrected chi connectivity index (χ0v) is 11.3. The molecule has 1 aliphatic heterocycles. The summed E-state index contributed by atoms with van der Waals surface area (Å²) < 4.78 is 26.5. The first kappa shape index (κ1) is 14.4. The first-order chi connectivity index (χ1) is 9.02. The van der Waals surface area contributed by atoms with E-state index < -0.39 is 17.2 Å².